The van der Waals surface area contributed by atoms with E-state index in [1.165, 1.54) is 18.5 Å². The summed E-state index contributed by atoms with van der Waals surface area (Å²) in [6, 6.07) is 1.58. The Morgan fingerprint density at radius 1 is 1.35 bits per heavy atom. The van der Waals surface area contributed by atoms with Crippen LogP contribution in [0.25, 0.3) is 0 Å². The molecule has 17 heavy (non-hydrogen) atoms. The van der Waals surface area contributed by atoms with Crippen LogP contribution in [0.3, 0.4) is 0 Å². The zero-order chi connectivity index (χ0) is 12.1. The summed E-state index contributed by atoms with van der Waals surface area (Å²) in [6.07, 6.45) is 4.17. The van der Waals surface area contributed by atoms with Crippen LogP contribution in [0, 0.1) is 0 Å². The molecule has 0 aliphatic carbocycles. The van der Waals surface area contributed by atoms with Crippen molar-refractivity contribution in [2.45, 2.75) is 6.42 Å². The van der Waals surface area contributed by atoms with Crippen LogP contribution < -0.4 is 10.6 Å². The second-order valence-electron chi connectivity index (χ2n) is 3.16. The third-order valence-corrected chi connectivity index (χ3v) is 1.83. The molecule has 1 aliphatic rings. The second-order valence-corrected chi connectivity index (χ2v) is 3.16. The number of amidine groups is 1. The number of nitrogens with one attached hydrogen (secondary N) is 3. The van der Waals surface area contributed by atoms with Gasteiger partial charge >= 0.3 is 11.7 Å². The summed E-state index contributed by atoms with van der Waals surface area (Å²) >= 11 is 0. The Morgan fingerprint density at radius 3 is 2.82 bits per heavy atom. The van der Waals surface area contributed by atoms with Gasteiger partial charge in [0.15, 0.2) is 0 Å². The van der Waals surface area contributed by atoms with E-state index in [9.17, 15) is 9.59 Å². The van der Waals surface area contributed by atoms with Crippen LogP contribution in [0.2, 0.25) is 0 Å². The maximum Gasteiger partial charge on any atom is 0.408 e. The molecule has 1 aliphatic heterocycles. The third kappa shape index (κ3) is 3.11. The Labute approximate surface area is 95.5 Å². The van der Waals surface area contributed by atoms with Crippen LogP contribution in [0.4, 0.5) is 5.82 Å². The molecular weight excluding hydrogens is 224 g/mol. The summed E-state index contributed by atoms with van der Waals surface area (Å²) < 4.78 is 0. The number of carbonyl (C=O) groups excluding carboxylic acids is 2. The first kappa shape index (κ1) is 10.8. The van der Waals surface area contributed by atoms with E-state index in [1.807, 2.05) is 0 Å². The SMILES string of the molecule is O=C(CC(=O)Nc1ccn[nH]1)NC1=[N+]=NC=C1. The number of amides is 2. The largest absolute Gasteiger partial charge is 0.408 e. The van der Waals surface area contributed by atoms with Crippen LogP contribution in [0.1, 0.15) is 6.42 Å². The number of anilines is 1. The summed E-state index contributed by atoms with van der Waals surface area (Å²) in [5.74, 6) is -0.131. The summed E-state index contributed by atoms with van der Waals surface area (Å²) in [5, 5.41) is 14.7. The number of aromatic nitrogens is 2. The van der Waals surface area contributed by atoms with E-state index in [1.54, 1.807) is 6.07 Å². The molecule has 2 amide bonds. The highest BCUT2D eigenvalue weighted by molar-refractivity contribution is 6.09. The van der Waals surface area contributed by atoms with E-state index in [0.29, 0.717) is 11.7 Å². The zero-order valence-corrected chi connectivity index (χ0v) is 8.67. The number of nitrogens with zero attached hydrogens (tertiary/aromatic N) is 3. The van der Waals surface area contributed by atoms with Crippen LogP contribution in [0.15, 0.2) is 29.7 Å². The minimum Gasteiger partial charge on any atom is -0.311 e. The first-order valence-corrected chi connectivity index (χ1v) is 4.77. The van der Waals surface area contributed by atoms with Gasteiger partial charge < -0.3 is 5.32 Å². The average Bonchev–Trinajstić information content (AvgIpc) is 2.90. The monoisotopic (exact) mass is 233 g/mol. The number of hydrogen-bond donors (Lipinski definition) is 3. The first-order chi connectivity index (χ1) is 8.24. The molecule has 2 rings (SSSR count). The molecule has 8 heteroatoms. The molecule has 86 valence electrons. The predicted molar refractivity (Wildman–Crippen MR) is 56.8 cm³/mol. The highest BCUT2D eigenvalue weighted by atomic mass is 16.2. The van der Waals surface area contributed by atoms with Crippen molar-refractivity contribution in [2.75, 3.05) is 5.32 Å². The van der Waals surface area contributed by atoms with Crippen molar-refractivity contribution in [3.8, 4) is 0 Å². The van der Waals surface area contributed by atoms with Crippen molar-refractivity contribution in [1.29, 1.82) is 0 Å². The van der Waals surface area contributed by atoms with E-state index < -0.39 is 11.8 Å². The lowest BCUT2D eigenvalue weighted by atomic mass is 10.3. The molecule has 8 nitrogen and oxygen atoms in total. The van der Waals surface area contributed by atoms with Gasteiger partial charge in [0.05, 0.1) is 18.5 Å². The summed E-state index contributed by atoms with van der Waals surface area (Å²) in [4.78, 5) is 26.4. The van der Waals surface area contributed by atoms with Gasteiger partial charge in [-0.1, -0.05) is 4.79 Å². The Hall–Kier alpha value is -2.73. The van der Waals surface area contributed by atoms with Crippen molar-refractivity contribution in [2.24, 2.45) is 5.11 Å². The molecule has 0 spiro atoms. The minimum atomic E-state index is -0.456. The molecule has 1 aromatic heterocycles. The number of rotatable bonds is 3. The van der Waals surface area contributed by atoms with Crippen molar-refractivity contribution >= 4 is 23.5 Å². The van der Waals surface area contributed by atoms with Gasteiger partial charge in [-0.05, 0) is 0 Å². The van der Waals surface area contributed by atoms with Gasteiger partial charge in [-0.15, -0.1) is 0 Å². The third-order valence-electron chi connectivity index (χ3n) is 1.83. The van der Waals surface area contributed by atoms with Gasteiger partial charge in [0.25, 0.3) is 0 Å². The summed E-state index contributed by atoms with van der Waals surface area (Å²) in [7, 11) is 0. The van der Waals surface area contributed by atoms with Crippen molar-refractivity contribution in [3.63, 3.8) is 0 Å². The molecule has 2 heterocycles. The minimum absolute atomic E-state index is 0.300. The van der Waals surface area contributed by atoms with Crippen molar-refractivity contribution in [1.82, 2.24) is 15.5 Å². The second kappa shape index (κ2) is 4.86. The fourth-order valence-corrected chi connectivity index (χ4v) is 1.15. The van der Waals surface area contributed by atoms with Crippen LogP contribution in [-0.4, -0.2) is 32.6 Å². The van der Waals surface area contributed by atoms with Crippen molar-refractivity contribution < 1.29 is 14.4 Å². The average molecular weight is 233 g/mol. The molecule has 0 radical (unpaired) electrons. The van der Waals surface area contributed by atoms with E-state index >= 15 is 0 Å². The number of aromatic amines is 1. The maximum atomic E-state index is 11.4. The lowest BCUT2D eigenvalue weighted by molar-refractivity contribution is -0.127. The highest BCUT2D eigenvalue weighted by Gasteiger charge is 2.18. The predicted octanol–water partition coefficient (Wildman–Crippen LogP) is -0.559. The molecule has 0 saturated heterocycles. The lowest BCUT2D eigenvalue weighted by Crippen LogP contribution is -2.32. The van der Waals surface area contributed by atoms with Crippen LogP contribution in [0.5, 0.6) is 0 Å². The highest BCUT2D eigenvalue weighted by Crippen LogP contribution is 1.99. The molecule has 0 saturated carbocycles. The quantitative estimate of drug-likeness (QED) is 0.480. The topological polar surface area (TPSA) is 113 Å². The smallest absolute Gasteiger partial charge is 0.311 e. The maximum absolute atomic E-state index is 11.4. The van der Waals surface area contributed by atoms with Crippen LogP contribution >= 0.6 is 0 Å². The Morgan fingerprint density at radius 2 is 2.18 bits per heavy atom. The summed E-state index contributed by atoms with van der Waals surface area (Å²) in [5.41, 5.74) is 0. The van der Waals surface area contributed by atoms with Gasteiger partial charge in [-0.3, -0.25) is 9.89 Å². The molecule has 0 bridgehead atoms. The Kier molecular flexibility index (Phi) is 3.08. The molecule has 3 N–H and O–H groups in total. The molecular formula is C9H9N6O2+. The molecule has 0 fully saturated rings. The number of hydrogen-bond acceptors (Lipinski definition) is 4. The number of H-pyrrole nitrogens is 1. The standard InChI is InChI=1S/C9H8N6O2/c16-8(12-6-1-3-10-14-6)5-9(17)13-7-2-4-11-15-7/h1-4H,5H2,(H2,10,11,12,13,14,15,16,17)/p+1. The van der Waals surface area contributed by atoms with E-state index in [4.69, 9.17) is 0 Å². The van der Waals surface area contributed by atoms with Gasteiger partial charge in [-0.25, -0.2) is 4.79 Å². The first-order valence-electron chi connectivity index (χ1n) is 4.77. The summed E-state index contributed by atoms with van der Waals surface area (Å²) in [6.45, 7) is 0. The van der Waals surface area contributed by atoms with Gasteiger partial charge in [-0.2, -0.15) is 10.4 Å². The Bertz CT molecular complexity index is 524. The van der Waals surface area contributed by atoms with Gasteiger partial charge in [0, 0.05) is 11.2 Å². The van der Waals surface area contributed by atoms with E-state index in [-0.39, 0.29) is 6.42 Å². The zero-order valence-electron chi connectivity index (χ0n) is 8.67. The molecule has 0 atom stereocenters. The Balaban J connectivity index is 1.80. The molecule has 0 unspecified atom stereocenters. The van der Waals surface area contributed by atoms with E-state index in [2.05, 4.69) is 30.7 Å². The fraction of sp³-hybridized carbons (Fsp3) is 0.111. The van der Waals surface area contributed by atoms with Gasteiger partial charge in [0.2, 0.25) is 5.91 Å². The lowest BCUT2D eigenvalue weighted by Gasteiger charge is -1.98. The van der Waals surface area contributed by atoms with Crippen molar-refractivity contribution in [3.05, 3.63) is 24.5 Å². The number of carbonyl (C=O) groups is 2. The molecule has 1 aromatic rings. The fourth-order valence-electron chi connectivity index (χ4n) is 1.15. The molecule has 0 aromatic carbocycles. The van der Waals surface area contributed by atoms with E-state index in [0.717, 1.165) is 0 Å². The van der Waals surface area contributed by atoms with Crippen LogP contribution in [-0.2, 0) is 9.59 Å². The van der Waals surface area contributed by atoms with Gasteiger partial charge in [0.1, 0.15) is 12.2 Å². The normalized spacial score (nSPS) is 12.4.